The van der Waals surface area contributed by atoms with E-state index in [-0.39, 0.29) is 35.3 Å². The van der Waals surface area contributed by atoms with E-state index in [9.17, 15) is 18.4 Å². The van der Waals surface area contributed by atoms with Crippen molar-refractivity contribution in [2.45, 2.75) is 116 Å². The Morgan fingerprint density at radius 3 is 1.65 bits per heavy atom. The molecule has 7 heteroatoms. The second-order valence-corrected chi connectivity index (χ2v) is 9.74. The molecule has 0 spiro atoms. The standard InChI is InChI=1S/C27H41BrF2O4/c1-2-3-4-5-6-7-8-9-10-11-12-13-14-18-33-26(31)16-15-17-27(32)34-21-23-24(29)19-22(28)20-25(23)30/h19-20H,2-18,21H2,1H3. The van der Waals surface area contributed by atoms with Crippen LogP contribution in [0.2, 0.25) is 0 Å². The highest BCUT2D eigenvalue weighted by atomic mass is 79.9. The van der Waals surface area contributed by atoms with Gasteiger partial charge in [-0.15, -0.1) is 0 Å². The zero-order valence-electron chi connectivity index (χ0n) is 20.6. The van der Waals surface area contributed by atoms with Crippen LogP contribution in [0.3, 0.4) is 0 Å². The lowest BCUT2D eigenvalue weighted by molar-refractivity contribution is -0.146. The van der Waals surface area contributed by atoms with E-state index in [0.717, 1.165) is 25.0 Å². The number of carbonyl (C=O) groups excluding carboxylic acids is 2. The van der Waals surface area contributed by atoms with Crippen molar-refractivity contribution in [2.75, 3.05) is 6.61 Å². The molecule has 4 nitrogen and oxygen atoms in total. The molecule has 0 amide bonds. The summed E-state index contributed by atoms with van der Waals surface area (Å²) in [6.07, 6.45) is 16.8. The van der Waals surface area contributed by atoms with E-state index < -0.39 is 24.2 Å². The van der Waals surface area contributed by atoms with Crippen molar-refractivity contribution in [3.05, 3.63) is 33.8 Å². The van der Waals surface area contributed by atoms with Gasteiger partial charge in [0.15, 0.2) is 0 Å². The van der Waals surface area contributed by atoms with Gasteiger partial charge in [-0.05, 0) is 25.0 Å². The van der Waals surface area contributed by atoms with Crippen molar-refractivity contribution < 1.29 is 27.8 Å². The molecule has 0 aromatic heterocycles. The van der Waals surface area contributed by atoms with Crippen molar-refractivity contribution in [1.82, 2.24) is 0 Å². The summed E-state index contributed by atoms with van der Waals surface area (Å²) in [4.78, 5) is 23.5. The third-order valence-electron chi connectivity index (χ3n) is 5.76. The topological polar surface area (TPSA) is 52.6 Å². The fourth-order valence-electron chi connectivity index (χ4n) is 3.69. The quantitative estimate of drug-likeness (QED) is 0.121. The number of carbonyl (C=O) groups is 2. The van der Waals surface area contributed by atoms with Gasteiger partial charge in [-0.25, -0.2) is 8.78 Å². The average molecular weight is 548 g/mol. The lowest BCUT2D eigenvalue weighted by Gasteiger charge is -2.08. The Kier molecular flexibility index (Phi) is 17.8. The van der Waals surface area contributed by atoms with Crippen LogP contribution in [-0.4, -0.2) is 18.5 Å². The first-order chi connectivity index (χ1) is 16.4. The van der Waals surface area contributed by atoms with Gasteiger partial charge in [-0.1, -0.05) is 99.9 Å². The lowest BCUT2D eigenvalue weighted by Crippen LogP contribution is -2.10. The molecule has 34 heavy (non-hydrogen) atoms. The summed E-state index contributed by atoms with van der Waals surface area (Å²) >= 11 is 2.99. The first-order valence-electron chi connectivity index (χ1n) is 12.9. The highest BCUT2D eigenvalue weighted by molar-refractivity contribution is 9.10. The van der Waals surface area contributed by atoms with Crippen molar-refractivity contribution in [1.29, 1.82) is 0 Å². The van der Waals surface area contributed by atoms with Gasteiger partial charge in [0.05, 0.1) is 12.2 Å². The Labute approximate surface area is 212 Å². The number of ether oxygens (including phenoxy) is 2. The first-order valence-corrected chi connectivity index (χ1v) is 13.7. The molecule has 0 aliphatic heterocycles. The summed E-state index contributed by atoms with van der Waals surface area (Å²) in [5, 5.41) is 0. The number of halogens is 3. The Hall–Kier alpha value is -1.50. The summed E-state index contributed by atoms with van der Waals surface area (Å²) in [6, 6.07) is 2.22. The van der Waals surface area contributed by atoms with Crippen molar-refractivity contribution in [3.8, 4) is 0 Å². The Morgan fingerprint density at radius 2 is 1.15 bits per heavy atom. The SMILES string of the molecule is CCCCCCCCCCCCCCCOC(=O)CCCC(=O)OCc1c(F)cc(Br)cc1F. The van der Waals surface area contributed by atoms with E-state index in [4.69, 9.17) is 9.47 Å². The minimum absolute atomic E-state index is 0.00634. The first kappa shape index (κ1) is 30.5. The minimum atomic E-state index is -0.781. The maximum Gasteiger partial charge on any atom is 0.306 e. The van der Waals surface area contributed by atoms with Crippen molar-refractivity contribution >= 4 is 27.9 Å². The Bertz CT molecular complexity index is 689. The van der Waals surface area contributed by atoms with Gasteiger partial charge in [-0.3, -0.25) is 9.59 Å². The van der Waals surface area contributed by atoms with Gasteiger partial charge in [0.25, 0.3) is 0 Å². The van der Waals surface area contributed by atoms with Crippen molar-refractivity contribution in [3.63, 3.8) is 0 Å². The second kappa shape index (κ2) is 19.8. The lowest BCUT2D eigenvalue weighted by atomic mass is 10.0. The molecule has 194 valence electrons. The zero-order valence-corrected chi connectivity index (χ0v) is 22.2. The summed E-state index contributed by atoms with van der Waals surface area (Å²) in [6.45, 7) is 2.17. The van der Waals surface area contributed by atoms with Gasteiger partial charge < -0.3 is 9.47 Å². The van der Waals surface area contributed by atoms with Gasteiger partial charge >= 0.3 is 11.9 Å². The van der Waals surface area contributed by atoms with Crippen LogP contribution in [0, 0.1) is 11.6 Å². The van der Waals surface area contributed by atoms with Gasteiger partial charge in [-0.2, -0.15) is 0 Å². The zero-order chi connectivity index (χ0) is 25.0. The van der Waals surface area contributed by atoms with Crippen LogP contribution in [0.25, 0.3) is 0 Å². The fraction of sp³-hybridized carbons (Fsp3) is 0.704. The predicted octanol–water partition coefficient (Wildman–Crippen LogP) is 8.58. The third kappa shape index (κ3) is 15.4. The van der Waals surface area contributed by atoms with Gasteiger partial charge in [0.2, 0.25) is 0 Å². The molecule has 0 bridgehead atoms. The molecule has 0 saturated carbocycles. The fourth-order valence-corrected chi connectivity index (χ4v) is 4.09. The molecule has 0 aliphatic carbocycles. The monoisotopic (exact) mass is 546 g/mol. The third-order valence-corrected chi connectivity index (χ3v) is 6.21. The molecular weight excluding hydrogens is 506 g/mol. The molecule has 0 fully saturated rings. The van der Waals surface area contributed by atoms with Gasteiger partial charge in [0.1, 0.15) is 18.2 Å². The maximum absolute atomic E-state index is 13.7. The number of hydrogen-bond acceptors (Lipinski definition) is 4. The van der Waals surface area contributed by atoms with Gasteiger partial charge in [0, 0.05) is 17.3 Å². The maximum atomic E-state index is 13.7. The molecule has 0 saturated heterocycles. The largest absolute Gasteiger partial charge is 0.466 e. The molecule has 0 heterocycles. The predicted molar refractivity (Wildman–Crippen MR) is 134 cm³/mol. The molecular formula is C27H41BrF2O4. The van der Waals surface area contributed by atoms with E-state index in [2.05, 4.69) is 22.9 Å². The average Bonchev–Trinajstić information content (AvgIpc) is 2.78. The van der Waals surface area contributed by atoms with E-state index in [0.29, 0.717) is 6.61 Å². The van der Waals surface area contributed by atoms with Crippen LogP contribution in [0.5, 0.6) is 0 Å². The number of hydrogen-bond donors (Lipinski definition) is 0. The molecule has 1 aromatic rings. The van der Waals surface area contributed by atoms with E-state index in [1.807, 2.05) is 0 Å². The Balaban J connectivity index is 1.93. The van der Waals surface area contributed by atoms with E-state index in [1.165, 1.54) is 70.6 Å². The molecule has 1 aromatic carbocycles. The number of unbranched alkanes of at least 4 members (excludes halogenated alkanes) is 12. The highest BCUT2D eigenvalue weighted by Crippen LogP contribution is 2.20. The molecule has 1 rings (SSSR count). The van der Waals surface area contributed by atoms with Crippen LogP contribution in [0.15, 0.2) is 16.6 Å². The van der Waals surface area contributed by atoms with E-state index >= 15 is 0 Å². The van der Waals surface area contributed by atoms with Crippen LogP contribution in [-0.2, 0) is 25.7 Å². The minimum Gasteiger partial charge on any atom is -0.466 e. The number of benzene rings is 1. The number of rotatable bonds is 20. The molecule has 0 aliphatic rings. The molecule has 0 unspecified atom stereocenters. The van der Waals surface area contributed by atoms with Crippen LogP contribution in [0.1, 0.15) is 115 Å². The normalized spacial score (nSPS) is 10.9. The van der Waals surface area contributed by atoms with Crippen LogP contribution in [0.4, 0.5) is 8.78 Å². The second-order valence-electron chi connectivity index (χ2n) is 8.83. The molecule has 0 radical (unpaired) electrons. The molecule has 0 atom stereocenters. The van der Waals surface area contributed by atoms with Crippen LogP contribution >= 0.6 is 15.9 Å². The molecule has 0 N–H and O–H groups in total. The van der Waals surface area contributed by atoms with Crippen molar-refractivity contribution in [2.24, 2.45) is 0 Å². The summed E-state index contributed by atoms with van der Waals surface area (Å²) in [7, 11) is 0. The summed E-state index contributed by atoms with van der Waals surface area (Å²) < 4.78 is 37.8. The summed E-state index contributed by atoms with van der Waals surface area (Å²) in [5.74, 6) is -2.50. The summed E-state index contributed by atoms with van der Waals surface area (Å²) in [5.41, 5.74) is -0.297. The number of esters is 2. The smallest absolute Gasteiger partial charge is 0.306 e. The van der Waals surface area contributed by atoms with Crippen LogP contribution < -0.4 is 0 Å². The highest BCUT2D eigenvalue weighted by Gasteiger charge is 2.13. The Morgan fingerprint density at radius 1 is 0.706 bits per heavy atom. The van der Waals surface area contributed by atoms with E-state index in [1.54, 1.807) is 0 Å².